The first-order chi connectivity index (χ1) is 6.61. The molecule has 1 heterocycles. The molecule has 0 aliphatic rings. The van der Waals surface area contributed by atoms with E-state index in [9.17, 15) is 9.59 Å². The van der Waals surface area contributed by atoms with E-state index >= 15 is 0 Å². The van der Waals surface area contributed by atoms with Gasteiger partial charge in [0.05, 0.1) is 12.3 Å². The zero-order chi connectivity index (χ0) is 10.6. The third-order valence-electron chi connectivity index (χ3n) is 1.98. The molecule has 1 atom stereocenters. The molecule has 0 amide bonds. The Morgan fingerprint density at radius 2 is 2.00 bits per heavy atom. The first-order valence-corrected chi connectivity index (χ1v) is 4.23. The summed E-state index contributed by atoms with van der Waals surface area (Å²) < 4.78 is 0. The van der Waals surface area contributed by atoms with E-state index in [4.69, 9.17) is 5.11 Å². The van der Waals surface area contributed by atoms with Crippen molar-refractivity contribution in [3.63, 3.8) is 0 Å². The van der Waals surface area contributed by atoms with Gasteiger partial charge in [0, 0.05) is 12.4 Å². The molecule has 0 bridgehead atoms. The van der Waals surface area contributed by atoms with Gasteiger partial charge in [0.2, 0.25) is 0 Å². The summed E-state index contributed by atoms with van der Waals surface area (Å²) in [7, 11) is 0. The highest BCUT2D eigenvalue weighted by Crippen LogP contribution is 2.19. The molecule has 74 valence electrons. The molecule has 0 fully saturated rings. The highest BCUT2D eigenvalue weighted by molar-refractivity contribution is 5.87. The van der Waals surface area contributed by atoms with E-state index in [0.717, 1.165) is 0 Å². The van der Waals surface area contributed by atoms with E-state index in [0.29, 0.717) is 5.56 Å². The number of rotatable bonds is 4. The Labute approximate surface area is 81.6 Å². The topological polar surface area (TPSA) is 67.3 Å². The lowest BCUT2D eigenvalue weighted by molar-refractivity contribution is -0.139. The van der Waals surface area contributed by atoms with Crippen molar-refractivity contribution in [1.29, 1.82) is 0 Å². The summed E-state index contributed by atoms with van der Waals surface area (Å²) in [5.41, 5.74) is 0.704. The Hall–Kier alpha value is -1.71. The summed E-state index contributed by atoms with van der Waals surface area (Å²) in [6, 6.07) is 3.32. The molecule has 0 spiro atoms. The predicted molar refractivity (Wildman–Crippen MR) is 49.9 cm³/mol. The number of aromatic nitrogens is 1. The van der Waals surface area contributed by atoms with Crippen LogP contribution in [-0.4, -0.2) is 21.8 Å². The standard InChI is InChI=1S/C10H11NO3/c1-7(12)9(6-10(13)14)8-2-4-11-5-3-8/h2-5,9H,6H2,1H3,(H,13,14). The molecule has 1 N–H and O–H groups in total. The summed E-state index contributed by atoms with van der Waals surface area (Å²) in [6.45, 7) is 1.40. The van der Waals surface area contributed by atoms with Crippen molar-refractivity contribution in [2.75, 3.05) is 0 Å². The molecule has 0 radical (unpaired) electrons. The molecule has 14 heavy (non-hydrogen) atoms. The number of carboxylic acids is 1. The van der Waals surface area contributed by atoms with Gasteiger partial charge in [-0.2, -0.15) is 0 Å². The monoisotopic (exact) mass is 193 g/mol. The highest BCUT2D eigenvalue weighted by atomic mass is 16.4. The normalized spacial score (nSPS) is 12.1. The first kappa shape index (κ1) is 10.4. The quantitative estimate of drug-likeness (QED) is 0.780. The highest BCUT2D eigenvalue weighted by Gasteiger charge is 2.19. The van der Waals surface area contributed by atoms with E-state index in [-0.39, 0.29) is 12.2 Å². The van der Waals surface area contributed by atoms with Gasteiger partial charge in [-0.05, 0) is 24.6 Å². The van der Waals surface area contributed by atoms with E-state index < -0.39 is 11.9 Å². The van der Waals surface area contributed by atoms with Crippen molar-refractivity contribution in [1.82, 2.24) is 4.98 Å². The molecule has 0 saturated carbocycles. The number of hydrogen-bond acceptors (Lipinski definition) is 3. The fourth-order valence-corrected chi connectivity index (χ4v) is 1.27. The van der Waals surface area contributed by atoms with Crippen LogP contribution < -0.4 is 0 Å². The van der Waals surface area contributed by atoms with Gasteiger partial charge in [-0.25, -0.2) is 0 Å². The molecular formula is C10H11NO3. The number of Topliss-reactive ketones (excluding diaryl/α,β-unsaturated/α-hetero) is 1. The zero-order valence-electron chi connectivity index (χ0n) is 7.80. The molecular weight excluding hydrogens is 182 g/mol. The number of carbonyl (C=O) groups is 2. The van der Waals surface area contributed by atoms with Gasteiger partial charge in [-0.15, -0.1) is 0 Å². The molecule has 4 nitrogen and oxygen atoms in total. The van der Waals surface area contributed by atoms with Gasteiger partial charge in [-0.1, -0.05) is 0 Å². The van der Waals surface area contributed by atoms with E-state index in [1.165, 1.54) is 6.92 Å². The number of hydrogen-bond donors (Lipinski definition) is 1. The molecule has 0 aliphatic carbocycles. The largest absolute Gasteiger partial charge is 0.481 e. The van der Waals surface area contributed by atoms with Crippen LogP contribution in [0.4, 0.5) is 0 Å². The van der Waals surface area contributed by atoms with Crippen LogP contribution in [0.2, 0.25) is 0 Å². The van der Waals surface area contributed by atoms with Gasteiger partial charge in [0.25, 0.3) is 0 Å². The van der Waals surface area contributed by atoms with E-state index in [2.05, 4.69) is 4.98 Å². The number of aliphatic carboxylic acids is 1. The minimum Gasteiger partial charge on any atom is -0.481 e. The Balaban J connectivity index is 2.89. The van der Waals surface area contributed by atoms with Gasteiger partial charge in [0.15, 0.2) is 0 Å². The van der Waals surface area contributed by atoms with Crippen molar-refractivity contribution in [3.8, 4) is 0 Å². The molecule has 0 aliphatic heterocycles. The van der Waals surface area contributed by atoms with Crippen LogP contribution in [0.1, 0.15) is 24.8 Å². The molecule has 1 aromatic heterocycles. The van der Waals surface area contributed by atoms with Crippen molar-refractivity contribution >= 4 is 11.8 Å². The van der Waals surface area contributed by atoms with Crippen molar-refractivity contribution in [2.24, 2.45) is 0 Å². The lowest BCUT2D eigenvalue weighted by atomic mass is 9.93. The Morgan fingerprint density at radius 3 is 2.43 bits per heavy atom. The number of carboxylic acid groups (broad SMARTS) is 1. The van der Waals surface area contributed by atoms with Crippen LogP contribution in [0.25, 0.3) is 0 Å². The van der Waals surface area contributed by atoms with Gasteiger partial charge < -0.3 is 5.11 Å². The van der Waals surface area contributed by atoms with Crippen LogP contribution in [0.5, 0.6) is 0 Å². The van der Waals surface area contributed by atoms with Gasteiger partial charge in [0.1, 0.15) is 5.78 Å². The van der Waals surface area contributed by atoms with Crippen LogP contribution in [0, 0.1) is 0 Å². The first-order valence-electron chi connectivity index (χ1n) is 4.23. The molecule has 0 aromatic carbocycles. The second-order valence-electron chi connectivity index (χ2n) is 3.04. The third kappa shape index (κ3) is 2.65. The maximum Gasteiger partial charge on any atom is 0.304 e. The Bertz CT molecular complexity index is 334. The summed E-state index contributed by atoms with van der Waals surface area (Å²) in [6.07, 6.45) is 2.93. The lowest BCUT2D eigenvalue weighted by Crippen LogP contribution is -2.13. The second kappa shape index (κ2) is 4.50. The number of pyridine rings is 1. The molecule has 0 saturated heterocycles. The van der Waals surface area contributed by atoms with Crippen molar-refractivity contribution in [3.05, 3.63) is 30.1 Å². The number of nitrogens with zero attached hydrogens (tertiary/aromatic N) is 1. The minimum absolute atomic E-state index is 0.140. The SMILES string of the molecule is CC(=O)C(CC(=O)O)c1ccncc1. The fraction of sp³-hybridized carbons (Fsp3) is 0.300. The maximum absolute atomic E-state index is 11.2. The minimum atomic E-state index is -0.970. The molecule has 1 aromatic rings. The Morgan fingerprint density at radius 1 is 1.43 bits per heavy atom. The third-order valence-corrected chi connectivity index (χ3v) is 1.98. The van der Waals surface area contributed by atoms with E-state index in [1.807, 2.05) is 0 Å². The van der Waals surface area contributed by atoms with Crippen LogP contribution in [0.15, 0.2) is 24.5 Å². The molecule has 1 rings (SSSR count). The second-order valence-corrected chi connectivity index (χ2v) is 3.04. The maximum atomic E-state index is 11.2. The number of carbonyl (C=O) groups excluding carboxylic acids is 1. The average molecular weight is 193 g/mol. The molecule has 1 unspecified atom stereocenters. The average Bonchev–Trinajstić information content (AvgIpc) is 2.15. The summed E-state index contributed by atoms with van der Waals surface area (Å²) in [5, 5.41) is 8.63. The fourth-order valence-electron chi connectivity index (χ4n) is 1.27. The van der Waals surface area contributed by atoms with E-state index in [1.54, 1.807) is 24.5 Å². The summed E-state index contributed by atoms with van der Waals surface area (Å²) >= 11 is 0. The lowest BCUT2D eigenvalue weighted by Gasteiger charge is -2.10. The van der Waals surface area contributed by atoms with Crippen molar-refractivity contribution < 1.29 is 14.7 Å². The smallest absolute Gasteiger partial charge is 0.304 e. The van der Waals surface area contributed by atoms with Crippen LogP contribution >= 0.6 is 0 Å². The van der Waals surface area contributed by atoms with Gasteiger partial charge >= 0.3 is 5.97 Å². The van der Waals surface area contributed by atoms with Crippen molar-refractivity contribution in [2.45, 2.75) is 19.3 Å². The predicted octanol–water partition coefficient (Wildman–Crippen LogP) is 1.23. The van der Waals surface area contributed by atoms with Crippen LogP contribution in [0.3, 0.4) is 0 Å². The molecule has 4 heteroatoms. The van der Waals surface area contributed by atoms with Crippen LogP contribution in [-0.2, 0) is 9.59 Å². The Kier molecular flexibility index (Phi) is 3.34. The summed E-state index contributed by atoms with van der Waals surface area (Å²) in [4.78, 5) is 25.5. The zero-order valence-corrected chi connectivity index (χ0v) is 7.80. The summed E-state index contributed by atoms with van der Waals surface area (Å²) in [5.74, 6) is -1.67. The van der Waals surface area contributed by atoms with Gasteiger partial charge in [-0.3, -0.25) is 14.6 Å². The number of ketones is 1.